The second kappa shape index (κ2) is 5.06. The van der Waals surface area contributed by atoms with Gasteiger partial charge in [0.15, 0.2) is 0 Å². The molecule has 1 aliphatic rings. The molecular formula is C12H15BrN2O2. The predicted molar refractivity (Wildman–Crippen MR) is 70.2 cm³/mol. The van der Waals surface area contributed by atoms with Crippen LogP contribution in [0.4, 0.5) is 5.69 Å². The van der Waals surface area contributed by atoms with Gasteiger partial charge in [0.1, 0.15) is 5.54 Å². The van der Waals surface area contributed by atoms with Crippen LogP contribution in [-0.4, -0.2) is 29.7 Å². The lowest BCUT2D eigenvalue weighted by molar-refractivity contribution is -0.143. The van der Waals surface area contributed by atoms with Crippen LogP contribution < -0.4 is 10.6 Å². The molecule has 1 fully saturated rings. The normalized spacial score (nSPS) is 18.6. The lowest BCUT2D eigenvalue weighted by Gasteiger charge is -2.35. The molecule has 0 aliphatic carbocycles. The van der Waals surface area contributed by atoms with Crippen LogP contribution in [0.5, 0.6) is 0 Å². The maximum atomic E-state index is 11.5. The minimum Gasteiger partial charge on any atom is -0.480 e. The van der Waals surface area contributed by atoms with Crippen molar-refractivity contribution in [1.82, 2.24) is 5.32 Å². The molecule has 4 nitrogen and oxygen atoms in total. The van der Waals surface area contributed by atoms with E-state index in [1.54, 1.807) is 0 Å². The summed E-state index contributed by atoms with van der Waals surface area (Å²) in [7, 11) is 0. The highest BCUT2D eigenvalue weighted by molar-refractivity contribution is 9.10. The smallest absolute Gasteiger partial charge is 0.329 e. The van der Waals surface area contributed by atoms with Gasteiger partial charge in [-0.3, -0.25) is 0 Å². The van der Waals surface area contributed by atoms with Crippen LogP contribution in [0.25, 0.3) is 0 Å². The van der Waals surface area contributed by atoms with Gasteiger partial charge in [-0.25, -0.2) is 4.79 Å². The first-order chi connectivity index (χ1) is 8.14. The van der Waals surface area contributed by atoms with E-state index in [4.69, 9.17) is 0 Å². The number of carbonyl (C=O) groups is 1. The minimum atomic E-state index is -0.852. The molecule has 0 bridgehead atoms. The molecular weight excluding hydrogens is 284 g/mol. The second-order valence-electron chi connectivity index (χ2n) is 4.24. The van der Waals surface area contributed by atoms with Crippen molar-refractivity contribution in [3.63, 3.8) is 0 Å². The number of nitrogens with one attached hydrogen (secondary N) is 2. The van der Waals surface area contributed by atoms with Gasteiger partial charge < -0.3 is 15.7 Å². The summed E-state index contributed by atoms with van der Waals surface area (Å²) in [6.45, 7) is 1.45. The summed E-state index contributed by atoms with van der Waals surface area (Å²) in [5.74, 6) is -0.783. The Labute approximate surface area is 109 Å². The number of carboxylic acid groups (broad SMARTS) is 1. The Morgan fingerprint density at radius 3 is 2.59 bits per heavy atom. The monoisotopic (exact) mass is 298 g/mol. The molecule has 0 saturated carbocycles. The molecule has 0 amide bonds. The number of carboxylic acids is 1. The van der Waals surface area contributed by atoms with Gasteiger partial charge >= 0.3 is 5.97 Å². The number of benzene rings is 1. The van der Waals surface area contributed by atoms with Crippen LogP contribution >= 0.6 is 15.9 Å². The Morgan fingerprint density at radius 2 is 2.00 bits per heavy atom. The summed E-state index contributed by atoms with van der Waals surface area (Å²) in [5, 5.41) is 15.8. The molecule has 0 atom stereocenters. The summed E-state index contributed by atoms with van der Waals surface area (Å²) in [6.07, 6.45) is 1.17. The third-order valence-electron chi connectivity index (χ3n) is 3.11. The molecule has 0 spiro atoms. The van der Waals surface area contributed by atoms with Crippen molar-refractivity contribution in [2.75, 3.05) is 18.4 Å². The summed E-state index contributed by atoms with van der Waals surface area (Å²) in [4.78, 5) is 11.5. The first-order valence-electron chi connectivity index (χ1n) is 5.61. The molecule has 1 aliphatic heterocycles. The van der Waals surface area contributed by atoms with Gasteiger partial charge in [-0.05, 0) is 54.0 Å². The largest absolute Gasteiger partial charge is 0.480 e. The zero-order valence-electron chi connectivity index (χ0n) is 9.37. The van der Waals surface area contributed by atoms with E-state index >= 15 is 0 Å². The fourth-order valence-electron chi connectivity index (χ4n) is 2.07. The molecule has 1 heterocycles. The molecule has 1 saturated heterocycles. The number of rotatable bonds is 3. The van der Waals surface area contributed by atoms with E-state index < -0.39 is 11.5 Å². The number of halogens is 1. The van der Waals surface area contributed by atoms with Crippen LogP contribution in [0.15, 0.2) is 28.7 Å². The molecule has 1 aromatic rings. The Kier molecular flexibility index (Phi) is 3.69. The maximum absolute atomic E-state index is 11.5. The Hall–Kier alpha value is -1.07. The summed E-state index contributed by atoms with van der Waals surface area (Å²) in [6, 6.07) is 7.59. The number of anilines is 1. The van der Waals surface area contributed by atoms with E-state index in [0.29, 0.717) is 12.8 Å². The van der Waals surface area contributed by atoms with E-state index in [-0.39, 0.29) is 0 Å². The summed E-state index contributed by atoms with van der Waals surface area (Å²) >= 11 is 3.43. The maximum Gasteiger partial charge on any atom is 0.329 e. The van der Waals surface area contributed by atoms with Crippen molar-refractivity contribution in [2.45, 2.75) is 18.4 Å². The Balaban J connectivity index is 2.24. The highest BCUT2D eigenvalue weighted by Gasteiger charge is 2.39. The molecule has 17 heavy (non-hydrogen) atoms. The number of aliphatic carboxylic acids is 1. The first kappa shape index (κ1) is 12.4. The summed E-state index contributed by atoms with van der Waals surface area (Å²) < 4.78 is 0.888. The van der Waals surface area contributed by atoms with Crippen molar-refractivity contribution in [3.8, 4) is 0 Å². The number of hydrogen-bond donors (Lipinski definition) is 3. The molecule has 0 unspecified atom stereocenters. The molecule has 92 valence electrons. The van der Waals surface area contributed by atoms with Gasteiger partial charge in [0.2, 0.25) is 0 Å². The van der Waals surface area contributed by atoms with Crippen LogP contribution in [0, 0.1) is 0 Å². The fraction of sp³-hybridized carbons (Fsp3) is 0.417. The van der Waals surface area contributed by atoms with Crippen molar-refractivity contribution >= 4 is 27.6 Å². The second-order valence-corrected chi connectivity index (χ2v) is 5.10. The van der Waals surface area contributed by atoms with E-state index in [1.165, 1.54) is 0 Å². The quantitative estimate of drug-likeness (QED) is 0.799. The zero-order valence-corrected chi connectivity index (χ0v) is 11.0. The van der Waals surface area contributed by atoms with Crippen molar-refractivity contribution in [1.29, 1.82) is 0 Å². The minimum absolute atomic E-state index is 0.587. The fourth-order valence-corrected chi connectivity index (χ4v) is 2.45. The lowest BCUT2D eigenvalue weighted by atomic mass is 9.88. The van der Waals surface area contributed by atoms with Crippen LogP contribution in [0.3, 0.4) is 0 Å². The zero-order chi connectivity index (χ0) is 12.3. The van der Waals surface area contributed by atoms with Crippen LogP contribution in [0.2, 0.25) is 0 Å². The van der Waals surface area contributed by atoms with Crippen molar-refractivity contribution in [2.24, 2.45) is 0 Å². The topological polar surface area (TPSA) is 61.4 Å². The van der Waals surface area contributed by atoms with E-state index in [1.807, 2.05) is 24.3 Å². The van der Waals surface area contributed by atoms with Gasteiger partial charge in [-0.15, -0.1) is 0 Å². The van der Waals surface area contributed by atoms with E-state index in [9.17, 15) is 9.90 Å². The number of piperidine rings is 1. The van der Waals surface area contributed by atoms with Crippen molar-refractivity contribution < 1.29 is 9.90 Å². The van der Waals surface area contributed by atoms with Gasteiger partial charge in [-0.2, -0.15) is 0 Å². The number of para-hydroxylation sites is 1. The summed E-state index contributed by atoms with van der Waals surface area (Å²) in [5.41, 5.74) is -0.0217. The Bertz CT molecular complexity index is 417. The number of hydrogen-bond acceptors (Lipinski definition) is 3. The third-order valence-corrected chi connectivity index (χ3v) is 3.81. The highest BCUT2D eigenvalue weighted by atomic mass is 79.9. The standard InChI is InChI=1S/C12H15BrN2O2/c13-9-3-1-2-4-10(9)15-12(11(16)17)5-7-14-8-6-12/h1-4,14-15H,5-8H2,(H,16,17). The third kappa shape index (κ3) is 2.61. The first-order valence-corrected chi connectivity index (χ1v) is 6.40. The SMILES string of the molecule is O=C(O)C1(Nc2ccccc2Br)CCNCC1. The van der Waals surface area contributed by atoms with Gasteiger partial charge in [-0.1, -0.05) is 12.1 Å². The van der Waals surface area contributed by atoms with E-state index in [2.05, 4.69) is 26.6 Å². The molecule has 0 radical (unpaired) electrons. The molecule has 2 rings (SSSR count). The molecule has 0 aromatic heterocycles. The van der Waals surface area contributed by atoms with Crippen LogP contribution in [0.1, 0.15) is 12.8 Å². The van der Waals surface area contributed by atoms with Crippen LogP contribution in [-0.2, 0) is 4.79 Å². The molecule has 3 N–H and O–H groups in total. The van der Waals surface area contributed by atoms with E-state index in [0.717, 1.165) is 23.2 Å². The van der Waals surface area contributed by atoms with Gasteiger partial charge in [0.25, 0.3) is 0 Å². The average Bonchev–Trinajstić information content (AvgIpc) is 2.33. The Morgan fingerprint density at radius 1 is 1.35 bits per heavy atom. The van der Waals surface area contributed by atoms with Crippen molar-refractivity contribution in [3.05, 3.63) is 28.7 Å². The van der Waals surface area contributed by atoms with Gasteiger partial charge in [0.05, 0.1) is 0 Å². The average molecular weight is 299 g/mol. The molecule has 1 aromatic carbocycles. The van der Waals surface area contributed by atoms with Gasteiger partial charge in [0, 0.05) is 10.2 Å². The highest BCUT2D eigenvalue weighted by Crippen LogP contribution is 2.29. The predicted octanol–water partition coefficient (Wildman–Crippen LogP) is 2.07. The molecule has 5 heteroatoms. The lowest BCUT2D eigenvalue weighted by Crippen LogP contribution is -2.53.